The van der Waals surface area contributed by atoms with E-state index in [4.69, 9.17) is 11.6 Å². The summed E-state index contributed by atoms with van der Waals surface area (Å²) in [5.41, 5.74) is 1.52. The maximum absolute atomic E-state index is 5.52. The van der Waals surface area contributed by atoms with Crippen molar-refractivity contribution in [3.8, 4) is 0 Å². The molecule has 2 aromatic carbocycles. The Bertz CT molecular complexity index is 444. The monoisotopic (exact) mass is 270 g/mol. The highest BCUT2D eigenvalue weighted by atomic mass is 35.5. The Morgan fingerprint density at radius 3 is 1.79 bits per heavy atom. The molecule has 1 aliphatic rings. The third-order valence-corrected chi connectivity index (χ3v) is 3.75. The van der Waals surface area contributed by atoms with Crippen LogP contribution in [0.25, 0.3) is 0 Å². The quantitative estimate of drug-likeness (QED) is 0.626. The second-order valence-electron chi connectivity index (χ2n) is 4.89. The van der Waals surface area contributed by atoms with Crippen LogP contribution in [0.3, 0.4) is 0 Å². The molecule has 0 unspecified atom stereocenters. The van der Waals surface area contributed by atoms with Gasteiger partial charge in [-0.15, -0.1) is 0 Å². The van der Waals surface area contributed by atoms with Crippen molar-refractivity contribution in [2.75, 3.05) is 0 Å². The van der Waals surface area contributed by atoms with Gasteiger partial charge in [-0.3, -0.25) is 0 Å². The maximum atomic E-state index is 5.52. The Morgan fingerprint density at radius 1 is 0.789 bits per heavy atom. The van der Waals surface area contributed by atoms with Gasteiger partial charge in [0.15, 0.2) is 0 Å². The van der Waals surface area contributed by atoms with Crippen LogP contribution in [0.15, 0.2) is 48.5 Å². The van der Waals surface area contributed by atoms with E-state index in [1.54, 1.807) is 24.3 Å². The number of hydrogen-bond acceptors (Lipinski definition) is 0. The van der Waals surface area contributed by atoms with Gasteiger partial charge >= 0.3 is 0 Å². The molecule has 1 fully saturated rings. The summed E-state index contributed by atoms with van der Waals surface area (Å²) in [6, 6.07) is 21.6. The van der Waals surface area contributed by atoms with Crippen LogP contribution in [-0.2, 0) is 0 Å². The minimum Gasteiger partial charge on any atom is -0.0843 e. The van der Waals surface area contributed by atoms with Gasteiger partial charge in [-0.25, -0.2) is 0 Å². The number of rotatable bonds is 1. The van der Waals surface area contributed by atoms with Crippen LogP contribution in [-0.4, -0.2) is 0 Å². The van der Waals surface area contributed by atoms with Crippen molar-refractivity contribution in [2.24, 2.45) is 0 Å². The standard InChI is InChI=1S/C12H15.C6H4Cl/c1-3-7-11(8-4-1)12-9-5-2-6-10-12;7-6-4-2-1-3-5-6/h5-6,9-11H,1,3-4,7-8H2;2-5H. The molecule has 0 aromatic heterocycles. The van der Waals surface area contributed by atoms with Crippen LogP contribution in [0, 0.1) is 12.1 Å². The van der Waals surface area contributed by atoms with Crippen LogP contribution in [0.4, 0.5) is 0 Å². The van der Waals surface area contributed by atoms with Crippen molar-refractivity contribution in [1.29, 1.82) is 0 Å². The second kappa shape index (κ2) is 8.01. The second-order valence-corrected chi connectivity index (χ2v) is 5.32. The van der Waals surface area contributed by atoms with E-state index in [1.807, 2.05) is 12.1 Å². The van der Waals surface area contributed by atoms with Crippen molar-refractivity contribution in [2.45, 2.75) is 38.0 Å². The van der Waals surface area contributed by atoms with Gasteiger partial charge in [0, 0.05) is 5.02 Å². The van der Waals surface area contributed by atoms with E-state index in [2.05, 4.69) is 24.3 Å². The molecule has 0 saturated heterocycles. The fourth-order valence-electron chi connectivity index (χ4n) is 2.47. The van der Waals surface area contributed by atoms with Crippen molar-refractivity contribution < 1.29 is 0 Å². The van der Waals surface area contributed by atoms with Crippen LogP contribution < -0.4 is 0 Å². The van der Waals surface area contributed by atoms with Gasteiger partial charge in [0.05, 0.1) is 0 Å². The lowest BCUT2D eigenvalue weighted by molar-refractivity contribution is 0.443. The number of hydrogen-bond donors (Lipinski definition) is 0. The van der Waals surface area contributed by atoms with Gasteiger partial charge in [0.25, 0.3) is 0 Å². The Kier molecular flexibility index (Phi) is 5.97. The van der Waals surface area contributed by atoms with Gasteiger partial charge in [-0.05, 0) is 48.6 Å². The Hall–Kier alpha value is -1.27. The lowest BCUT2D eigenvalue weighted by Gasteiger charge is -2.21. The van der Waals surface area contributed by atoms with Gasteiger partial charge in [-0.2, -0.15) is 0 Å². The molecule has 3 rings (SSSR count). The molecule has 0 nitrogen and oxygen atoms in total. The summed E-state index contributed by atoms with van der Waals surface area (Å²) in [7, 11) is 0. The molecule has 0 N–H and O–H groups in total. The Labute approximate surface area is 121 Å². The van der Waals surface area contributed by atoms with E-state index in [1.165, 1.54) is 37.7 Å². The average Bonchev–Trinajstić information content (AvgIpc) is 2.51. The smallest absolute Gasteiger partial charge is 0.0406 e. The molecule has 98 valence electrons. The molecular weight excluding hydrogens is 252 g/mol. The summed E-state index contributed by atoms with van der Waals surface area (Å²) >= 11 is 5.52. The summed E-state index contributed by atoms with van der Waals surface area (Å²) in [5, 5.41) is 0.763. The average molecular weight is 271 g/mol. The first-order chi connectivity index (χ1) is 9.36. The van der Waals surface area contributed by atoms with E-state index in [0.29, 0.717) is 0 Å². The highest BCUT2D eigenvalue weighted by molar-refractivity contribution is 6.30. The molecule has 0 heterocycles. The van der Waals surface area contributed by atoms with E-state index >= 15 is 0 Å². The molecule has 19 heavy (non-hydrogen) atoms. The molecular formula is C18H19Cl. The third kappa shape index (κ3) is 5.08. The molecule has 1 saturated carbocycles. The number of halogens is 1. The van der Waals surface area contributed by atoms with Gasteiger partial charge in [-0.1, -0.05) is 67.3 Å². The molecule has 2 aromatic rings. The third-order valence-electron chi connectivity index (χ3n) is 3.50. The SMILES string of the molecule is Clc1cc[c]cc1.[c]1ccc(C2CCCCC2)cc1. The predicted molar refractivity (Wildman–Crippen MR) is 81.4 cm³/mol. The van der Waals surface area contributed by atoms with Crippen molar-refractivity contribution in [1.82, 2.24) is 0 Å². The summed E-state index contributed by atoms with van der Waals surface area (Å²) in [5.74, 6) is 0.841. The first kappa shape index (κ1) is 14.1. The highest BCUT2D eigenvalue weighted by Gasteiger charge is 2.14. The molecule has 0 bridgehead atoms. The lowest BCUT2D eigenvalue weighted by Crippen LogP contribution is -2.03. The minimum atomic E-state index is 0.763. The zero-order chi connectivity index (χ0) is 13.3. The minimum absolute atomic E-state index is 0.763. The first-order valence-corrected chi connectivity index (χ1v) is 7.31. The van der Waals surface area contributed by atoms with Crippen LogP contribution in [0.2, 0.25) is 5.02 Å². The molecule has 0 atom stereocenters. The Balaban J connectivity index is 0.000000163. The Morgan fingerprint density at radius 2 is 1.32 bits per heavy atom. The van der Waals surface area contributed by atoms with E-state index in [0.717, 1.165) is 10.9 Å². The van der Waals surface area contributed by atoms with Gasteiger partial charge in [0.1, 0.15) is 0 Å². The zero-order valence-electron chi connectivity index (χ0n) is 11.1. The molecule has 1 aliphatic carbocycles. The molecule has 0 spiro atoms. The number of benzene rings is 2. The largest absolute Gasteiger partial charge is 0.0843 e. The molecule has 0 amide bonds. The summed E-state index contributed by atoms with van der Waals surface area (Å²) in [4.78, 5) is 0. The maximum Gasteiger partial charge on any atom is 0.0406 e. The molecule has 0 aliphatic heterocycles. The summed E-state index contributed by atoms with van der Waals surface area (Å²) in [6.07, 6.45) is 7.07. The fourth-order valence-corrected chi connectivity index (χ4v) is 2.60. The van der Waals surface area contributed by atoms with Crippen molar-refractivity contribution in [3.05, 3.63) is 71.2 Å². The normalized spacial score (nSPS) is 15.4. The van der Waals surface area contributed by atoms with Gasteiger partial charge in [0.2, 0.25) is 0 Å². The van der Waals surface area contributed by atoms with Crippen LogP contribution >= 0.6 is 11.6 Å². The van der Waals surface area contributed by atoms with Crippen LogP contribution in [0.1, 0.15) is 43.6 Å². The first-order valence-electron chi connectivity index (χ1n) is 6.94. The highest BCUT2D eigenvalue weighted by Crippen LogP contribution is 2.31. The van der Waals surface area contributed by atoms with E-state index in [9.17, 15) is 0 Å². The lowest BCUT2D eigenvalue weighted by atomic mass is 9.84. The fraction of sp³-hybridized carbons (Fsp3) is 0.333. The summed E-state index contributed by atoms with van der Waals surface area (Å²) in [6.45, 7) is 0. The van der Waals surface area contributed by atoms with E-state index in [-0.39, 0.29) is 0 Å². The molecule has 2 radical (unpaired) electrons. The van der Waals surface area contributed by atoms with Gasteiger partial charge < -0.3 is 0 Å². The molecule has 1 heteroatoms. The summed E-state index contributed by atoms with van der Waals surface area (Å²) < 4.78 is 0. The van der Waals surface area contributed by atoms with Crippen molar-refractivity contribution in [3.63, 3.8) is 0 Å². The van der Waals surface area contributed by atoms with Crippen molar-refractivity contribution >= 4 is 11.6 Å². The zero-order valence-corrected chi connectivity index (χ0v) is 11.9. The topological polar surface area (TPSA) is 0 Å². The predicted octanol–water partition coefficient (Wildman–Crippen LogP) is 5.67. The van der Waals surface area contributed by atoms with E-state index < -0.39 is 0 Å². The van der Waals surface area contributed by atoms with Crippen LogP contribution in [0.5, 0.6) is 0 Å².